The van der Waals surface area contributed by atoms with E-state index >= 15 is 0 Å². The van der Waals surface area contributed by atoms with Crippen LogP contribution in [0, 0.1) is 6.92 Å². The highest BCUT2D eigenvalue weighted by Gasteiger charge is 2.07. The van der Waals surface area contributed by atoms with E-state index < -0.39 is 0 Å². The zero-order valence-corrected chi connectivity index (χ0v) is 11.9. The average Bonchev–Trinajstić information content (AvgIpc) is 2.34. The van der Waals surface area contributed by atoms with Crippen molar-refractivity contribution in [3.8, 4) is 0 Å². The normalized spacial score (nSPS) is 10.6. The molecule has 0 saturated carbocycles. The van der Waals surface area contributed by atoms with Crippen molar-refractivity contribution in [3.63, 3.8) is 0 Å². The molecule has 1 nitrogen and oxygen atoms in total. The lowest BCUT2D eigenvalue weighted by Gasteiger charge is -2.10. The Bertz CT molecular complexity index is 540. The Balaban J connectivity index is 2.31. The molecule has 0 saturated heterocycles. The molecule has 0 spiro atoms. The number of benzene rings is 2. The largest absolute Gasteiger partial charge is 0.330 e. The van der Waals surface area contributed by atoms with E-state index in [4.69, 9.17) is 17.3 Å². The number of hydrogen-bond acceptors (Lipinski definition) is 2. The predicted octanol–water partition coefficient (Wildman–Crippen LogP) is 4.30. The first kappa shape index (κ1) is 13.5. The van der Waals surface area contributed by atoms with Crippen molar-refractivity contribution in [2.75, 3.05) is 6.54 Å². The minimum atomic E-state index is 0.616. The van der Waals surface area contributed by atoms with E-state index in [1.165, 1.54) is 15.4 Å². The summed E-state index contributed by atoms with van der Waals surface area (Å²) in [5, 5.41) is 0.804. The van der Waals surface area contributed by atoms with Gasteiger partial charge in [-0.15, -0.1) is 0 Å². The van der Waals surface area contributed by atoms with Gasteiger partial charge in [-0.25, -0.2) is 0 Å². The van der Waals surface area contributed by atoms with Crippen molar-refractivity contribution in [1.82, 2.24) is 0 Å². The molecule has 0 bridgehead atoms. The monoisotopic (exact) mass is 277 g/mol. The first-order chi connectivity index (χ1) is 8.70. The van der Waals surface area contributed by atoms with Crippen LogP contribution in [0.1, 0.15) is 11.1 Å². The summed E-state index contributed by atoms with van der Waals surface area (Å²) in [5.74, 6) is 0. The van der Waals surface area contributed by atoms with Crippen LogP contribution in [0.4, 0.5) is 0 Å². The minimum absolute atomic E-state index is 0.616. The maximum Gasteiger partial charge on any atom is 0.0449 e. The third-order valence-electron chi connectivity index (χ3n) is 2.69. The maximum absolute atomic E-state index is 6.24. The Morgan fingerprint density at radius 1 is 1.17 bits per heavy atom. The van der Waals surface area contributed by atoms with Gasteiger partial charge >= 0.3 is 0 Å². The van der Waals surface area contributed by atoms with Gasteiger partial charge < -0.3 is 5.73 Å². The predicted molar refractivity (Wildman–Crippen MR) is 79.5 cm³/mol. The molecule has 3 heteroatoms. The van der Waals surface area contributed by atoms with Crippen LogP contribution >= 0.6 is 23.4 Å². The Morgan fingerprint density at radius 2 is 1.94 bits per heavy atom. The minimum Gasteiger partial charge on any atom is -0.330 e. The number of aryl methyl sites for hydroxylation is 1. The van der Waals surface area contributed by atoms with Crippen LogP contribution in [-0.4, -0.2) is 6.54 Å². The second kappa shape index (κ2) is 6.28. The molecule has 0 radical (unpaired) electrons. The van der Waals surface area contributed by atoms with E-state index in [0.29, 0.717) is 6.54 Å². The molecule has 94 valence electrons. The molecule has 0 aliphatic heterocycles. The molecule has 0 unspecified atom stereocenters. The summed E-state index contributed by atoms with van der Waals surface area (Å²) in [6.45, 7) is 2.72. The highest BCUT2D eigenvalue weighted by atomic mass is 35.5. The second-order valence-corrected chi connectivity index (χ2v) is 5.70. The standard InChI is InChI=1S/C15H16ClNS/c1-11-4-2-5-12(10-11)18-15-7-3-6-14(16)13(15)8-9-17/h2-7,10H,8-9,17H2,1H3. The fourth-order valence-electron chi connectivity index (χ4n) is 1.83. The van der Waals surface area contributed by atoms with E-state index in [0.717, 1.165) is 17.0 Å². The molecule has 0 aliphatic carbocycles. The lowest BCUT2D eigenvalue weighted by Crippen LogP contribution is -2.04. The Kier molecular flexibility index (Phi) is 4.70. The zero-order chi connectivity index (χ0) is 13.0. The fraction of sp³-hybridized carbons (Fsp3) is 0.200. The smallest absolute Gasteiger partial charge is 0.0449 e. The van der Waals surface area contributed by atoms with Crippen molar-refractivity contribution in [2.45, 2.75) is 23.1 Å². The van der Waals surface area contributed by atoms with Gasteiger partial charge in [-0.2, -0.15) is 0 Å². The Hall–Kier alpha value is -0.960. The van der Waals surface area contributed by atoms with Crippen LogP contribution in [0.5, 0.6) is 0 Å². The van der Waals surface area contributed by atoms with Gasteiger partial charge in [-0.3, -0.25) is 0 Å². The summed E-state index contributed by atoms with van der Waals surface area (Å²) in [4.78, 5) is 2.43. The van der Waals surface area contributed by atoms with Gasteiger partial charge in [0, 0.05) is 14.8 Å². The summed E-state index contributed by atoms with van der Waals surface area (Å²) < 4.78 is 0. The van der Waals surface area contributed by atoms with Crippen molar-refractivity contribution in [2.24, 2.45) is 5.73 Å². The van der Waals surface area contributed by atoms with Gasteiger partial charge in [0.15, 0.2) is 0 Å². The highest BCUT2D eigenvalue weighted by molar-refractivity contribution is 7.99. The molecular formula is C15H16ClNS. The van der Waals surface area contributed by atoms with Gasteiger partial charge in [0.05, 0.1) is 0 Å². The average molecular weight is 278 g/mol. The van der Waals surface area contributed by atoms with E-state index in [2.05, 4.69) is 37.3 Å². The van der Waals surface area contributed by atoms with Gasteiger partial charge in [-0.1, -0.05) is 47.1 Å². The van der Waals surface area contributed by atoms with E-state index in [-0.39, 0.29) is 0 Å². The number of nitrogens with two attached hydrogens (primary N) is 1. The topological polar surface area (TPSA) is 26.0 Å². The third kappa shape index (κ3) is 3.29. The van der Waals surface area contributed by atoms with Crippen LogP contribution in [0.2, 0.25) is 5.02 Å². The fourth-order valence-corrected chi connectivity index (χ4v) is 3.28. The summed E-state index contributed by atoms with van der Waals surface area (Å²) >= 11 is 7.98. The first-order valence-electron chi connectivity index (χ1n) is 5.92. The molecule has 18 heavy (non-hydrogen) atoms. The van der Waals surface area contributed by atoms with Crippen molar-refractivity contribution < 1.29 is 0 Å². The molecule has 2 rings (SSSR count). The van der Waals surface area contributed by atoms with Crippen LogP contribution < -0.4 is 5.73 Å². The lowest BCUT2D eigenvalue weighted by atomic mass is 10.1. The molecule has 2 aromatic carbocycles. The molecular weight excluding hydrogens is 262 g/mol. The van der Waals surface area contributed by atoms with Crippen molar-refractivity contribution in [3.05, 3.63) is 58.6 Å². The summed E-state index contributed by atoms with van der Waals surface area (Å²) in [6.07, 6.45) is 0.813. The van der Waals surface area contributed by atoms with E-state index in [1.54, 1.807) is 11.8 Å². The second-order valence-electron chi connectivity index (χ2n) is 4.17. The molecule has 0 atom stereocenters. The van der Waals surface area contributed by atoms with Gasteiger partial charge in [0.1, 0.15) is 0 Å². The van der Waals surface area contributed by atoms with Gasteiger partial charge in [0.2, 0.25) is 0 Å². The maximum atomic E-state index is 6.24. The Labute approximate surface area is 117 Å². The molecule has 2 aromatic rings. The van der Waals surface area contributed by atoms with Gasteiger partial charge in [-0.05, 0) is 49.7 Å². The molecule has 0 aliphatic rings. The molecule has 0 aromatic heterocycles. The third-order valence-corrected chi connectivity index (χ3v) is 4.13. The van der Waals surface area contributed by atoms with Crippen LogP contribution in [0.3, 0.4) is 0 Å². The molecule has 2 N–H and O–H groups in total. The van der Waals surface area contributed by atoms with Crippen molar-refractivity contribution in [1.29, 1.82) is 0 Å². The van der Waals surface area contributed by atoms with E-state index in [9.17, 15) is 0 Å². The zero-order valence-electron chi connectivity index (χ0n) is 10.3. The first-order valence-corrected chi connectivity index (χ1v) is 7.12. The van der Waals surface area contributed by atoms with E-state index in [1.807, 2.05) is 12.1 Å². The lowest BCUT2D eigenvalue weighted by molar-refractivity contribution is 0.944. The number of halogens is 1. The van der Waals surface area contributed by atoms with Crippen LogP contribution in [0.15, 0.2) is 52.3 Å². The van der Waals surface area contributed by atoms with Crippen LogP contribution in [0.25, 0.3) is 0 Å². The SMILES string of the molecule is Cc1cccc(Sc2cccc(Cl)c2CCN)c1. The Morgan fingerprint density at radius 3 is 2.67 bits per heavy atom. The van der Waals surface area contributed by atoms with Gasteiger partial charge in [0.25, 0.3) is 0 Å². The number of rotatable bonds is 4. The molecule has 0 amide bonds. The molecule has 0 fully saturated rings. The number of hydrogen-bond donors (Lipinski definition) is 1. The van der Waals surface area contributed by atoms with Crippen LogP contribution in [-0.2, 0) is 6.42 Å². The highest BCUT2D eigenvalue weighted by Crippen LogP contribution is 2.34. The summed E-state index contributed by atoms with van der Waals surface area (Å²) in [6, 6.07) is 14.5. The molecule has 0 heterocycles. The quantitative estimate of drug-likeness (QED) is 0.902. The summed E-state index contributed by atoms with van der Waals surface area (Å²) in [5.41, 5.74) is 8.06. The van der Waals surface area contributed by atoms with Crippen molar-refractivity contribution >= 4 is 23.4 Å². The summed E-state index contributed by atoms with van der Waals surface area (Å²) in [7, 11) is 0.